The lowest BCUT2D eigenvalue weighted by molar-refractivity contribution is -0.123. The van der Waals surface area contributed by atoms with Crippen molar-refractivity contribution in [3.05, 3.63) is 80.7 Å². The highest BCUT2D eigenvalue weighted by molar-refractivity contribution is 7.12. The molecule has 0 saturated heterocycles. The summed E-state index contributed by atoms with van der Waals surface area (Å²) in [5.41, 5.74) is 1.00. The Bertz CT molecular complexity index is 894. The van der Waals surface area contributed by atoms with Gasteiger partial charge in [0.1, 0.15) is 6.04 Å². The van der Waals surface area contributed by atoms with Gasteiger partial charge in [-0.3, -0.25) is 9.59 Å². The predicted molar refractivity (Wildman–Crippen MR) is 119 cm³/mol. The molecule has 3 aromatic rings. The van der Waals surface area contributed by atoms with Crippen LogP contribution >= 0.6 is 22.7 Å². The summed E-state index contributed by atoms with van der Waals surface area (Å²) in [6, 6.07) is 16.9. The van der Waals surface area contributed by atoms with Crippen molar-refractivity contribution in [1.82, 2.24) is 15.5 Å². The number of hydrogen-bond acceptors (Lipinski definition) is 5. The van der Waals surface area contributed by atoms with Crippen molar-refractivity contribution in [1.29, 1.82) is 0 Å². The average molecular weight is 428 g/mol. The van der Waals surface area contributed by atoms with Gasteiger partial charge >= 0.3 is 0 Å². The van der Waals surface area contributed by atoms with Gasteiger partial charge < -0.3 is 15.5 Å². The molecule has 29 heavy (non-hydrogen) atoms. The van der Waals surface area contributed by atoms with Gasteiger partial charge in [-0.15, -0.1) is 22.7 Å². The average Bonchev–Trinajstić information content (AvgIpc) is 3.42. The van der Waals surface area contributed by atoms with Crippen LogP contribution in [-0.2, 0) is 11.2 Å². The molecule has 2 amide bonds. The predicted octanol–water partition coefficient (Wildman–Crippen LogP) is 3.57. The van der Waals surface area contributed by atoms with Crippen LogP contribution in [0.2, 0.25) is 0 Å². The van der Waals surface area contributed by atoms with Crippen LogP contribution in [0.1, 0.15) is 26.2 Å². The van der Waals surface area contributed by atoms with E-state index in [2.05, 4.69) is 21.6 Å². The largest absolute Gasteiger partial charge is 0.352 e. The van der Waals surface area contributed by atoms with Gasteiger partial charge in [0, 0.05) is 17.8 Å². The normalized spacial score (nSPS) is 13.1. The molecule has 152 valence electrons. The zero-order valence-corrected chi connectivity index (χ0v) is 18.1. The summed E-state index contributed by atoms with van der Waals surface area (Å²) in [6.07, 6.45) is 0.440. The third-order valence-electron chi connectivity index (χ3n) is 4.61. The number of thiophene rings is 2. The zero-order valence-electron chi connectivity index (χ0n) is 16.5. The maximum atomic E-state index is 13.0. The number of carbonyl (C=O) groups excluding carboxylic acids is 2. The molecule has 0 spiro atoms. The summed E-state index contributed by atoms with van der Waals surface area (Å²) in [7, 11) is 3.99. The summed E-state index contributed by atoms with van der Waals surface area (Å²) in [4.78, 5) is 29.4. The molecule has 0 fully saturated rings. The molecule has 0 aliphatic carbocycles. The van der Waals surface area contributed by atoms with E-state index in [0.717, 1.165) is 5.56 Å². The lowest BCUT2D eigenvalue weighted by atomic mass is 10.0. The van der Waals surface area contributed by atoms with E-state index in [1.165, 1.54) is 16.2 Å². The number of hydrogen-bond donors (Lipinski definition) is 2. The number of rotatable bonds is 9. The fourth-order valence-electron chi connectivity index (χ4n) is 3.04. The Morgan fingerprint density at radius 2 is 1.69 bits per heavy atom. The van der Waals surface area contributed by atoms with E-state index in [-0.39, 0.29) is 17.9 Å². The Morgan fingerprint density at radius 3 is 2.31 bits per heavy atom. The summed E-state index contributed by atoms with van der Waals surface area (Å²) in [5.74, 6) is -0.402. The molecule has 0 saturated carbocycles. The van der Waals surface area contributed by atoms with Crippen molar-refractivity contribution < 1.29 is 9.59 Å². The quantitative estimate of drug-likeness (QED) is 0.549. The first-order valence-electron chi connectivity index (χ1n) is 9.40. The van der Waals surface area contributed by atoms with Crippen molar-refractivity contribution in [3.63, 3.8) is 0 Å². The van der Waals surface area contributed by atoms with Gasteiger partial charge in [0.2, 0.25) is 5.91 Å². The molecule has 2 heterocycles. The SMILES string of the molecule is CN(C)C(CNC(=O)C(Cc1ccccc1)NC(=O)c1cccs1)c1cccs1. The second-order valence-electron chi connectivity index (χ2n) is 6.93. The van der Waals surface area contributed by atoms with Crippen LogP contribution in [0, 0.1) is 0 Å². The van der Waals surface area contributed by atoms with Crippen molar-refractivity contribution in [2.45, 2.75) is 18.5 Å². The van der Waals surface area contributed by atoms with E-state index in [1.54, 1.807) is 17.4 Å². The molecule has 5 nitrogen and oxygen atoms in total. The molecule has 3 rings (SSSR count). The van der Waals surface area contributed by atoms with E-state index < -0.39 is 6.04 Å². The van der Waals surface area contributed by atoms with Crippen LogP contribution in [0.3, 0.4) is 0 Å². The molecule has 0 aliphatic heterocycles. The summed E-state index contributed by atoms with van der Waals surface area (Å²) in [5, 5.41) is 9.83. The molecule has 2 N–H and O–H groups in total. The van der Waals surface area contributed by atoms with Crippen molar-refractivity contribution in [3.8, 4) is 0 Å². The number of nitrogens with one attached hydrogen (secondary N) is 2. The van der Waals surface area contributed by atoms with E-state index in [9.17, 15) is 9.59 Å². The van der Waals surface area contributed by atoms with Gasteiger partial charge in [-0.1, -0.05) is 42.5 Å². The van der Waals surface area contributed by atoms with Gasteiger partial charge in [0.25, 0.3) is 5.91 Å². The third kappa shape index (κ3) is 6.00. The Hall–Kier alpha value is -2.48. The molecule has 2 atom stereocenters. The Kier molecular flexibility index (Phi) is 7.57. The second-order valence-corrected chi connectivity index (χ2v) is 8.86. The highest BCUT2D eigenvalue weighted by Crippen LogP contribution is 2.22. The van der Waals surface area contributed by atoms with Gasteiger partial charge in [-0.2, -0.15) is 0 Å². The van der Waals surface area contributed by atoms with E-state index in [1.807, 2.05) is 67.3 Å². The fourth-order valence-corrected chi connectivity index (χ4v) is 4.58. The zero-order chi connectivity index (χ0) is 20.6. The van der Waals surface area contributed by atoms with Gasteiger partial charge in [-0.25, -0.2) is 0 Å². The number of nitrogens with zero attached hydrogens (tertiary/aromatic N) is 1. The molecule has 0 bridgehead atoms. The Labute approximate surface area is 179 Å². The minimum absolute atomic E-state index is 0.0873. The maximum Gasteiger partial charge on any atom is 0.262 e. The first kappa shape index (κ1) is 21.2. The summed E-state index contributed by atoms with van der Waals surface area (Å²) < 4.78 is 0. The van der Waals surface area contributed by atoms with Crippen LogP contribution in [0.5, 0.6) is 0 Å². The van der Waals surface area contributed by atoms with Gasteiger partial charge in [0.05, 0.1) is 10.9 Å². The Morgan fingerprint density at radius 1 is 0.966 bits per heavy atom. The summed E-state index contributed by atoms with van der Waals surface area (Å²) >= 11 is 3.03. The second kappa shape index (κ2) is 10.3. The number of likely N-dealkylation sites (N-methyl/N-ethyl adjacent to an activating group) is 1. The minimum Gasteiger partial charge on any atom is -0.352 e. The number of amides is 2. The highest BCUT2D eigenvalue weighted by Gasteiger charge is 2.24. The van der Waals surface area contributed by atoms with E-state index >= 15 is 0 Å². The molecule has 2 aromatic heterocycles. The molecule has 2 unspecified atom stereocenters. The first-order chi connectivity index (χ1) is 14.0. The van der Waals surface area contributed by atoms with Crippen molar-refractivity contribution in [2.24, 2.45) is 0 Å². The number of benzene rings is 1. The molecule has 0 aliphatic rings. The van der Waals surface area contributed by atoms with Crippen molar-refractivity contribution >= 4 is 34.5 Å². The summed E-state index contributed by atoms with van der Waals surface area (Å²) in [6.45, 7) is 0.479. The lowest BCUT2D eigenvalue weighted by Crippen LogP contribution is -2.49. The topological polar surface area (TPSA) is 61.4 Å². The highest BCUT2D eigenvalue weighted by atomic mass is 32.1. The standard InChI is InChI=1S/C22H25N3O2S2/c1-25(2)18(19-10-6-12-28-19)15-23-21(26)17(14-16-8-4-3-5-9-16)24-22(27)20-11-7-13-29-20/h3-13,17-18H,14-15H2,1-2H3,(H,23,26)(H,24,27). The Balaban J connectivity index is 1.70. The number of carbonyl (C=O) groups is 2. The van der Waals surface area contributed by atoms with Crippen LogP contribution in [0.25, 0.3) is 0 Å². The van der Waals surface area contributed by atoms with Crippen LogP contribution in [0.4, 0.5) is 0 Å². The molecule has 7 heteroatoms. The van der Waals surface area contributed by atoms with Crippen molar-refractivity contribution in [2.75, 3.05) is 20.6 Å². The molecular weight excluding hydrogens is 402 g/mol. The third-order valence-corrected chi connectivity index (χ3v) is 6.46. The first-order valence-corrected chi connectivity index (χ1v) is 11.2. The van der Waals surface area contributed by atoms with E-state index in [4.69, 9.17) is 0 Å². The minimum atomic E-state index is -0.641. The van der Waals surface area contributed by atoms with Gasteiger partial charge in [-0.05, 0) is 42.6 Å². The molecule has 0 radical (unpaired) electrons. The van der Waals surface area contributed by atoms with E-state index in [0.29, 0.717) is 17.8 Å². The van der Waals surface area contributed by atoms with Crippen LogP contribution < -0.4 is 10.6 Å². The smallest absolute Gasteiger partial charge is 0.262 e. The monoisotopic (exact) mass is 427 g/mol. The van der Waals surface area contributed by atoms with Gasteiger partial charge in [0.15, 0.2) is 0 Å². The van der Waals surface area contributed by atoms with Crippen LogP contribution in [0.15, 0.2) is 65.4 Å². The van der Waals surface area contributed by atoms with Crippen LogP contribution in [-0.4, -0.2) is 43.4 Å². The fraction of sp³-hybridized carbons (Fsp3) is 0.273. The lowest BCUT2D eigenvalue weighted by Gasteiger charge is -2.25. The molecular formula is C22H25N3O2S2. The maximum absolute atomic E-state index is 13.0. The molecule has 1 aromatic carbocycles.